The van der Waals surface area contributed by atoms with Crippen LogP contribution in [0.4, 0.5) is 0 Å². The van der Waals surface area contributed by atoms with E-state index in [1.165, 1.54) is 5.56 Å². The largest absolute Gasteiger partial charge is 0.383 e. The highest BCUT2D eigenvalue weighted by atomic mass is 16.5. The molecule has 2 N–H and O–H groups in total. The van der Waals surface area contributed by atoms with Gasteiger partial charge in [-0.3, -0.25) is 9.48 Å². The third-order valence-electron chi connectivity index (χ3n) is 4.43. The van der Waals surface area contributed by atoms with Crippen molar-refractivity contribution in [3.8, 4) is 11.1 Å². The number of nitrogens with zero attached hydrogens (tertiary/aromatic N) is 2. The molecule has 0 radical (unpaired) electrons. The average Bonchev–Trinajstić information content (AvgIpc) is 3.24. The number of carbonyl (C=O) groups is 1. The minimum Gasteiger partial charge on any atom is -0.383 e. The Hall–Kier alpha value is -2.96. The summed E-state index contributed by atoms with van der Waals surface area (Å²) in [5, 5.41) is 10.3. The van der Waals surface area contributed by atoms with Crippen LogP contribution in [0, 0.1) is 0 Å². The standard InChI is InChI=1S/C22H26N4O2/c1-28-14-12-23-16-22(27)24-15-20-5-2-3-6-21(20)19-9-7-18(8-10-19)17-26-13-4-11-25-26/h2-11,13,23H,12,14-17H2,1H3,(H,24,27). The first kappa shape index (κ1) is 19.8. The molecule has 0 saturated carbocycles. The number of aromatic nitrogens is 2. The van der Waals surface area contributed by atoms with Gasteiger partial charge in [-0.15, -0.1) is 0 Å². The van der Waals surface area contributed by atoms with Crippen LogP contribution >= 0.6 is 0 Å². The molecule has 0 unspecified atom stereocenters. The van der Waals surface area contributed by atoms with Gasteiger partial charge in [0.2, 0.25) is 5.91 Å². The summed E-state index contributed by atoms with van der Waals surface area (Å²) in [5.41, 5.74) is 4.54. The van der Waals surface area contributed by atoms with Crippen LogP contribution in [0.1, 0.15) is 11.1 Å². The molecule has 0 fully saturated rings. The van der Waals surface area contributed by atoms with Crippen molar-refractivity contribution >= 4 is 5.91 Å². The van der Waals surface area contributed by atoms with Gasteiger partial charge >= 0.3 is 0 Å². The molecule has 0 bridgehead atoms. The Kier molecular flexibility index (Phi) is 7.35. The Morgan fingerprint density at radius 2 is 1.93 bits per heavy atom. The van der Waals surface area contributed by atoms with E-state index >= 15 is 0 Å². The molecule has 3 aromatic rings. The fourth-order valence-corrected chi connectivity index (χ4v) is 2.96. The molecular weight excluding hydrogens is 352 g/mol. The number of hydrogen-bond acceptors (Lipinski definition) is 4. The van der Waals surface area contributed by atoms with Crippen LogP contribution in [0.3, 0.4) is 0 Å². The molecule has 3 rings (SSSR count). The predicted molar refractivity (Wildman–Crippen MR) is 110 cm³/mol. The number of rotatable bonds is 10. The highest BCUT2D eigenvalue weighted by molar-refractivity contribution is 5.78. The Morgan fingerprint density at radius 3 is 2.68 bits per heavy atom. The molecule has 1 amide bonds. The van der Waals surface area contributed by atoms with Crippen LogP contribution in [-0.2, 0) is 22.6 Å². The summed E-state index contributed by atoms with van der Waals surface area (Å²) in [5.74, 6) is -0.0273. The van der Waals surface area contributed by atoms with E-state index in [4.69, 9.17) is 4.74 Å². The molecule has 0 atom stereocenters. The van der Waals surface area contributed by atoms with E-state index in [2.05, 4.69) is 46.1 Å². The van der Waals surface area contributed by atoms with Gasteiger partial charge in [-0.2, -0.15) is 5.10 Å². The highest BCUT2D eigenvalue weighted by Crippen LogP contribution is 2.24. The Balaban J connectivity index is 1.61. The molecular formula is C22H26N4O2. The molecule has 28 heavy (non-hydrogen) atoms. The number of methoxy groups -OCH3 is 1. The summed E-state index contributed by atoms with van der Waals surface area (Å²) in [6.07, 6.45) is 3.74. The van der Waals surface area contributed by atoms with Crippen LogP contribution < -0.4 is 10.6 Å². The minimum atomic E-state index is -0.0273. The van der Waals surface area contributed by atoms with E-state index in [9.17, 15) is 4.79 Å². The molecule has 0 saturated heterocycles. The first-order chi connectivity index (χ1) is 13.8. The van der Waals surface area contributed by atoms with Gasteiger partial charge in [-0.1, -0.05) is 48.5 Å². The predicted octanol–water partition coefficient (Wildman–Crippen LogP) is 2.45. The van der Waals surface area contributed by atoms with E-state index in [1.807, 2.05) is 35.1 Å². The maximum Gasteiger partial charge on any atom is 0.234 e. The van der Waals surface area contributed by atoms with Crippen LogP contribution in [0.2, 0.25) is 0 Å². The summed E-state index contributed by atoms with van der Waals surface area (Å²) in [6.45, 7) is 2.78. The summed E-state index contributed by atoms with van der Waals surface area (Å²) >= 11 is 0. The zero-order chi connectivity index (χ0) is 19.6. The lowest BCUT2D eigenvalue weighted by atomic mass is 9.98. The van der Waals surface area contributed by atoms with Crippen molar-refractivity contribution in [3.05, 3.63) is 78.1 Å². The summed E-state index contributed by atoms with van der Waals surface area (Å²) in [6, 6.07) is 18.5. The third-order valence-corrected chi connectivity index (χ3v) is 4.43. The first-order valence-electron chi connectivity index (χ1n) is 9.37. The number of amides is 1. The van der Waals surface area contributed by atoms with E-state index in [0.717, 1.165) is 23.2 Å². The van der Waals surface area contributed by atoms with Crippen molar-refractivity contribution in [2.75, 3.05) is 26.8 Å². The van der Waals surface area contributed by atoms with E-state index in [1.54, 1.807) is 13.3 Å². The van der Waals surface area contributed by atoms with Gasteiger partial charge in [-0.25, -0.2) is 0 Å². The van der Waals surface area contributed by atoms with Crippen LogP contribution in [0.15, 0.2) is 67.0 Å². The second-order valence-electron chi connectivity index (χ2n) is 6.50. The van der Waals surface area contributed by atoms with Crippen LogP contribution in [0.25, 0.3) is 11.1 Å². The molecule has 0 spiro atoms. The summed E-state index contributed by atoms with van der Waals surface area (Å²) < 4.78 is 6.86. The zero-order valence-electron chi connectivity index (χ0n) is 16.1. The van der Waals surface area contributed by atoms with Gasteiger partial charge in [0.05, 0.1) is 19.7 Å². The molecule has 0 aliphatic carbocycles. The molecule has 1 aromatic heterocycles. The normalized spacial score (nSPS) is 10.8. The summed E-state index contributed by atoms with van der Waals surface area (Å²) in [7, 11) is 1.64. The van der Waals surface area contributed by atoms with Crippen molar-refractivity contribution in [2.24, 2.45) is 0 Å². The second kappa shape index (κ2) is 10.4. The first-order valence-corrected chi connectivity index (χ1v) is 9.37. The Morgan fingerprint density at radius 1 is 1.11 bits per heavy atom. The van der Waals surface area contributed by atoms with Crippen LogP contribution in [-0.4, -0.2) is 42.5 Å². The molecule has 2 aromatic carbocycles. The zero-order valence-corrected chi connectivity index (χ0v) is 16.1. The molecule has 0 aliphatic heterocycles. The quantitative estimate of drug-likeness (QED) is 0.532. The Bertz CT molecular complexity index is 861. The van der Waals surface area contributed by atoms with E-state index in [-0.39, 0.29) is 12.5 Å². The molecule has 6 heteroatoms. The van der Waals surface area contributed by atoms with Crippen molar-refractivity contribution < 1.29 is 9.53 Å². The monoisotopic (exact) mass is 378 g/mol. The molecule has 0 aliphatic rings. The van der Waals surface area contributed by atoms with Crippen molar-refractivity contribution in [2.45, 2.75) is 13.1 Å². The maximum absolute atomic E-state index is 12.0. The third kappa shape index (κ3) is 5.77. The van der Waals surface area contributed by atoms with Gasteiger partial charge in [0.25, 0.3) is 0 Å². The van der Waals surface area contributed by atoms with Crippen LogP contribution in [0.5, 0.6) is 0 Å². The van der Waals surface area contributed by atoms with Gasteiger partial charge in [0.1, 0.15) is 0 Å². The van der Waals surface area contributed by atoms with Crippen molar-refractivity contribution in [3.63, 3.8) is 0 Å². The SMILES string of the molecule is COCCNCC(=O)NCc1ccccc1-c1ccc(Cn2cccn2)cc1. The lowest BCUT2D eigenvalue weighted by Gasteiger charge is -2.12. The van der Waals surface area contributed by atoms with Gasteiger partial charge < -0.3 is 15.4 Å². The smallest absolute Gasteiger partial charge is 0.234 e. The number of carbonyl (C=O) groups excluding carboxylic acids is 1. The van der Waals surface area contributed by atoms with Crippen molar-refractivity contribution in [1.82, 2.24) is 20.4 Å². The number of benzene rings is 2. The summed E-state index contributed by atoms with van der Waals surface area (Å²) in [4.78, 5) is 12.0. The fourth-order valence-electron chi connectivity index (χ4n) is 2.96. The van der Waals surface area contributed by atoms with Gasteiger partial charge in [0.15, 0.2) is 0 Å². The molecule has 146 valence electrons. The van der Waals surface area contributed by atoms with E-state index in [0.29, 0.717) is 19.7 Å². The van der Waals surface area contributed by atoms with E-state index < -0.39 is 0 Å². The van der Waals surface area contributed by atoms with Gasteiger partial charge in [-0.05, 0) is 28.3 Å². The number of nitrogens with one attached hydrogen (secondary N) is 2. The van der Waals surface area contributed by atoms with Crippen molar-refractivity contribution in [1.29, 1.82) is 0 Å². The second-order valence-corrected chi connectivity index (χ2v) is 6.50. The fraction of sp³-hybridized carbons (Fsp3) is 0.273. The Labute approximate surface area is 165 Å². The topological polar surface area (TPSA) is 68.2 Å². The molecule has 6 nitrogen and oxygen atoms in total. The molecule has 1 heterocycles. The minimum absolute atomic E-state index is 0.0273. The lowest BCUT2D eigenvalue weighted by molar-refractivity contribution is -0.120. The number of hydrogen-bond donors (Lipinski definition) is 2. The van der Waals surface area contributed by atoms with Gasteiger partial charge in [0, 0.05) is 32.6 Å². The lowest BCUT2D eigenvalue weighted by Crippen LogP contribution is -2.34. The average molecular weight is 378 g/mol. The number of ether oxygens (including phenoxy) is 1. The highest BCUT2D eigenvalue weighted by Gasteiger charge is 2.07. The maximum atomic E-state index is 12.0.